The average molecular weight is 266 g/mol. The Kier molecular flexibility index (Phi) is 3.50. The number of rotatable bonds is 3. The molecule has 19 heavy (non-hydrogen) atoms. The lowest BCUT2D eigenvalue weighted by atomic mass is 10.1. The molecule has 0 aliphatic rings. The Balaban J connectivity index is 2.14. The fourth-order valence-corrected chi connectivity index (χ4v) is 1.61. The maximum atomic E-state index is 13.6. The minimum atomic E-state index is -1.06. The van der Waals surface area contributed by atoms with Gasteiger partial charge in [-0.1, -0.05) is 0 Å². The predicted molar refractivity (Wildman–Crippen MR) is 65.4 cm³/mol. The molecule has 1 aromatic carbocycles. The van der Waals surface area contributed by atoms with Crippen molar-refractivity contribution in [2.24, 2.45) is 0 Å². The zero-order chi connectivity index (χ0) is 14.0. The van der Waals surface area contributed by atoms with Crippen LogP contribution in [-0.4, -0.2) is 5.91 Å². The molecule has 1 amide bonds. The minimum Gasteiger partial charge on any atom is -0.465 e. The van der Waals surface area contributed by atoms with Crippen molar-refractivity contribution >= 4 is 11.6 Å². The Hall–Kier alpha value is -2.37. The van der Waals surface area contributed by atoms with Crippen molar-refractivity contribution in [1.29, 1.82) is 0 Å². The maximum Gasteiger partial charge on any atom is 0.257 e. The molecule has 3 N–H and O–H groups in total. The van der Waals surface area contributed by atoms with Crippen LogP contribution in [0.5, 0.6) is 0 Å². The molecule has 2 rings (SSSR count). The third kappa shape index (κ3) is 2.73. The van der Waals surface area contributed by atoms with Gasteiger partial charge in [0, 0.05) is 0 Å². The van der Waals surface area contributed by atoms with Gasteiger partial charge in [-0.2, -0.15) is 0 Å². The van der Waals surface area contributed by atoms with Gasteiger partial charge in [0.1, 0.15) is 22.9 Å². The van der Waals surface area contributed by atoms with Crippen molar-refractivity contribution in [2.75, 3.05) is 5.73 Å². The number of furan rings is 1. The predicted octanol–water partition coefficient (Wildman–Crippen LogP) is 2.38. The molecule has 0 atom stereocenters. The zero-order valence-electron chi connectivity index (χ0n) is 10.2. The number of anilines is 1. The quantitative estimate of drug-likeness (QED) is 0.838. The van der Waals surface area contributed by atoms with Crippen LogP contribution in [0.4, 0.5) is 14.5 Å². The number of halogens is 2. The molecular weight excluding hydrogens is 254 g/mol. The molecule has 0 unspecified atom stereocenters. The third-order valence-corrected chi connectivity index (χ3v) is 2.57. The van der Waals surface area contributed by atoms with E-state index in [4.69, 9.17) is 10.2 Å². The fourth-order valence-electron chi connectivity index (χ4n) is 1.61. The molecule has 0 aliphatic carbocycles. The first-order valence-electron chi connectivity index (χ1n) is 5.56. The normalized spacial score (nSPS) is 10.5. The Bertz CT molecular complexity index is 623. The summed E-state index contributed by atoms with van der Waals surface area (Å²) in [6.45, 7) is 1.79. The van der Waals surface area contributed by atoms with Crippen LogP contribution in [0.1, 0.15) is 21.9 Å². The molecule has 0 aliphatic heterocycles. The van der Waals surface area contributed by atoms with Gasteiger partial charge in [-0.3, -0.25) is 4.79 Å². The molecule has 2 aromatic rings. The molecule has 4 nitrogen and oxygen atoms in total. The number of nitrogens with two attached hydrogens (primary N) is 1. The number of nitrogen functional groups attached to an aromatic ring is 1. The van der Waals surface area contributed by atoms with Gasteiger partial charge in [-0.05, 0) is 31.2 Å². The van der Waals surface area contributed by atoms with Gasteiger partial charge in [0.25, 0.3) is 5.91 Å². The first kappa shape index (κ1) is 13.1. The largest absolute Gasteiger partial charge is 0.465 e. The standard InChI is InChI=1S/C13H12F2N2O2/c1-7-2-3-8(19-7)6-17-13(18)11-9(14)4-5-10(16)12(11)15/h2-5H,6,16H2,1H3,(H,17,18). The molecule has 0 spiro atoms. The van der Waals surface area contributed by atoms with Crippen molar-refractivity contribution in [3.8, 4) is 0 Å². The Morgan fingerprint density at radius 2 is 2.05 bits per heavy atom. The van der Waals surface area contributed by atoms with Crippen LogP contribution >= 0.6 is 0 Å². The van der Waals surface area contributed by atoms with E-state index in [2.05, 4.69) is 5.32 Å². The van der Waals surface area contributed by atoms with E-state index in [1.165, 1.54) is 0 Å². The second-order valence-electron chi connectivity index (χ2n) is 4.02. The van der Waals surface area contributed by atoms with Crippen LogP contribution in [0, 0.1) is 18.6 Å². The van der Waals surface area contributed by atoms with Crippen molar-refractivity contribution < 1.29 is 18.0 Å². The topological polar surface area (TPSA) is 68.3 Å². The van der Waals surface area contributed by atoms with Gasteiger partial charge in [-0.25, -0.2) is 8.78 Å². The number of hydrogen-bond acceptors (Lipinski definition) is 3. The van der Waals surface area contributed by atoms with Crippen molar-refractivity contribution in [1.82, 2.24) is 5.32 Å². The second kappa shape index (κ2) is 5.09. The molecule has 0 saturated heterocycles. The van der Waals surface area contributed by atoms with Gasteiger partial charge >= 0.3 is 0 Å². The summed E-state index contributed by atoms with van der Waals surface area (Å²) >= 11 is 0. The Morgan fingerprint density at radius 1 is 1.32 bits per heavy atom. The molecule has 0 fully saturated rings. The van der Waals surface area contributed by atoms with Crippen molar-refractivity contribution in [2.45, 2.75) is 13.5 Å². The van der Waals surface area contributed by atoms with Crippen molar-refractivity contribution in [3.63, 3.8) is 0 Å². The van der Waals surface area contributed by atoms with E-state index in [9.17, 15) is 13.6 Å². The van der Waals surface area contributed by atoms with E-state index in [1.807, 2.05) is 0 Å². The summed E-state index contributed by atoms with van der Waals surface area (Å²) in [5, 5.41) is 2.37. The molecule has 0 radical (unpaired) electrons. The van der Waals surface area contributed by atoms with E-state index >= 15 is 0 Å². The highest BCUT2D eigenvalue weighted by atomic mass is 19.1. The first-order valence-corrected chi connectivity index (χ1v) is 5.56. The van der Waals surface area contributed by atoms with Crippen LogP contribution in [0.15, 0.2) is 28.7 Å². The van der Waals surface area contributed by atoms with Crippen LogP contribution in [0.2, 0.25) is 0 Å². The zero-order valence-corrected chi connectivity index (χ0v) is 10.2. The SMILES string of the molecule is Cc1ccc(CNC(=O)c2c(F)ccc(N)c2F)o1. The third-order valence-electron chi connectivity index (χ3n) is 2.57. The smallest absolute Gasteiger partial charge is 0.257 e. The van der Waals surface area contributed by atoms with Gasteiger partial charge in [-0.15, -0.1) is 0 Å². The lowest BCUT2D eigenvalue weighted by molar-refractivity contribution is 0.0939. The monoisotopic (exact) mass is 266 g/mol. The lowest BCUT2D eigenvalue weighted by Crippen LogP contribution is -2.25. The first-order chi connectivity index (χ1) is 8.99. The highest BCUT2D eigenvalue weighted by molar-refractivity contribution is 5.95. The summed E-state index contributed by atoms with van der Waals surface area (Å²) in [5.74, 6) is -1.72. The number of carbonyl (C=O) groups excluding carboxylic acids is 1. The van der Waals surface area contributed by atoms with E-state index in [1.54, 1.807) is 19.1 Å². The highest BCUT2D eigenvalue weighted by Crippen LogP contribution is 2.18. The number of aryl methyl sites for hydroxylation is 1. The minimum absolute atomic E-state index is 0.0420. The van der Waals surface area contributed by atoms with Gasteiger partial charge in [0.05, 0.1) is 12.2 Å². The van der Waals surface area contributed by atoms with Crippen LogP contribution < -0.4 is 11.1 Å². The second-order valence-corrected chi connectivity index (χ2v) is 4.02. The molecular formula is C13H12F2N2O2. The number of amides is 1. The highest BCUT2D eigenvalue weighted by Gasteiger charge is 2.19. The fraction of sp³-hybridized carbons (Fsp3) is 0.154. The summed E-state index contributed by atoms with van der Waals surface area (Å²) in [7, 11) is 0. The van der Waals surface area contributed by atoms with Crippen molar-refractivity contribution in [3.05, 3.63) is 53.0 Å². The summed E-state index contributed by atoms with van der Waals surface area (Å²) in [6.07, 6.45) is 0. The summed E-state index contributed by atoms with van der Waals surface area (Å²) in [6, 6.07) is 5.41. The number of hydrogen-bond donors (Lipinski definition) is 2. The Labute approximate surface area is 108 Å². The van der Waals surface area contributed by atoms with E-state index < -0.39 is 23.1 Å². The molecule has 1 heterocycles. The summed E-state index contributed by atoms with van der Waals surface area (Å²) in [4.78, 5) is 11.7. The summed E-state index contributed by atoms with van der Waals surface area (Å²) in [5.41, 5.74) is 4.33. The maximum absolute atomic E-state index is 13.6. The van der Waals surface area contributed by atoms with Gasteiger partial charge < -0.3 is 15.5 Å². The number of carbonyl (C=O) groups is 1. The number of benzene rings is 1. The Morgan fingerprint density at radius 3 is 2.68 bits per heavy atom. The number of nitrogens with one attached hydrogen (secondary N) is 1. The molecule has 0 bridgehead atoms. The molecule has 100 valence electrons. The lowest BCUT2D eigenvalue weighted by Gasteiger charge is -2.07. The van der Waals surface area contributed by atoms with E-state index in [-0.39, 0.29) is 12.2 Å². The van der Waals surface area contributed by atoms with Gasteiger partial charge in [0.2, 0.25) is 0 Å². The van der Waals surface area contributed by atoms with Crippen LogP contribution in [0.3, 0.4) is 0 Å². The van der Waals surface area contributed by atoms with Gasteiger partial charge in [0.15, 0.2) is 5.82 Å². The van der Waals surface area contributed by atoms with Crippen LogP contribution in [0.25, 0.3) is 0 Å². The molecule has 0 saturated carbocycles. The molecule has 1 aromatic heterocycles. The van der Waals surface area contributed by atoms with Crippen LogP contribution in [-0.2, 0) is 6.54 Å². The summed E-state index contributed by atoms with van der Waals surface area (Å²) < 4.78 is 32.3. The molecule has 6 heteroatoms. The average Bonchev–Trinajstić information content (AvgIpc) is 2.78. The van der Waals surface area contributed by atoms with E-state index in [0.29, 0.717) is 11.5 Å². The van der Waals surface area contributed by atoms with E-state index in [0.717, 1.165) is 12.1 Å².